The van der Waals surface area contributed by atoms with E-state index in [1.807, 2.05) is 12.1 Å². The highest BCUT2D eigenvalue weighted by atomic mass is 35.5. The van der Waals surface area contributed by atoms with Crippen LogP contribution >= 0.6 is 23.2 Å². The van der Waals surface area contributed by atoms with Crippen LogP contribution in [0, 0.1) is 0 Å². The molecule has 1 aromatic rings. The highest BCUT2D eigenvalue weighted by Crippen LogP contribution is 2.37. The van der Waals surface area contributed by atoms with Gasteiger partial charge in [0.15, 0.2) is 0 Å². The molecular formula is C13H18Cl2. The van der Waals surface area contributed by atoms with Crippen molar-refractivity contribution in [1.29, 1.82) is 0 Å². The Morgan fingerprint density at radius 1 is 1.20 bits per heavy atom. The molecule has 0 spiro atoms. The molecule has 1 aromatic carbocycles. The summed E-state index contributed by atoms with van der Waals surface area (Å²) in [5, 5.41) is 1.50. The lowest BCUT2D eigenvalue weighted by Gasteiger charge is -2.29. The minimum absolute atomic E-state index is 0.177. The summed E-state index contributed by atoms with van der Waals surface area (Å²) in [6.07, 6.45) is 3.43. The average Bonchev–Trinajstić information content (AvgIpc) is 2.17. The maximum absolute atomic E-state index is 6.24. The van der Waals surface area contributed by atoms with Crippen molar-refractivity contribution in [1.82, 2.24) is 0 Å². The van der Waals surface area contributed by atoms with E-state index in [1.54, 1.807) is 0 Å². The van der Waals surface area contributed by atoms with E-state index < -0.39 is 0 Å². The second kappa shape index (κ2) is 5.23. The first-order valence-electron chi connectivity index (χ1n) is 5.49. The van der Waals surface area contributed by atoms with Crippen LogP contribution in [-0.4, -0.2) is 0 Å². The van der Waals surface area contributed by atoms with E-state index in [-0.39, 0.29) is 5.41 Å². The third kappa shape index (κ3) is 2.89. The van der Waals surface area contributed by atoms with Crippen LogP contribution < -0.4 is 0 Å². The molecule has 0 aliphatic heterocycles. The smallest absolute Gasteiger partial charge is 0.0458 e. The van der Waals surface area contributed by atoms with Crippen molar-refractivity contribution in [3.63, 3.8) is 0 Å². The summed E-state index contributed by atoms with van der Waals surface area (Å²) >= 11 is 12.1. The van der Waals surface area contributed by atoms with Crippen molar-refractivity contribution in [2.45, 2.75) is 45.4 Å². The van der Waals surface area contributed by atoms with Gasteiger partial charge in [-0.3, -0.25) is 0 Å². The van der Waals surface area contributed by atoms with Crippen LogP contribution in [0.5, 0.6) is 0 Å². The summed E-state index contributed by atoms with van der Waals surface area (Å²) in [5.41, 5.74) is 1.40. The van der Waals surface area contributed by atoms with Crippen LogP contribution in [0.4, 0.5) is 0 Å². The predicted octanol–water partition coefficient (Wildman–Crippen LogP) is 5.46. The zero-order valence-electron chi connectivity index (χ0n) is 9.61. The second-order valence-corrected chi connectivity index (χ2v) is 5.13. The number of hydrogen-bond acceptors (Lipinski definition) is 0. The fourth-order valence-corrected chi connectivity index (χ4v) is 2.67. The summed E-state index contributed by atoms with van der Waals surface area (Å²) in [6.45, 7) is 6.68. The summed E-state index contributed by atoms with van der Waals surface area (Å²) in [7, 11) is 0. The summed E-state index contributed by atoms with van der Waals surface area (Å²) < 4.78 is 0. The van der Waals surface area contributed by atoms with Gasteiger partial charge in [0.25, 0.3) is 0 Å². The molecule has 0 saturated carbocycles. The molecule has 0 N–H and O–H groups in total. The Bertz CT molecular complexity index is 333. The summed E-state index contributed by atoms with van der Waals surface area (Å²) in [6, 6.07) is 5.82. The van der Waals surface area contributed by atoms with Gasteiger partial charge in [-0.2, -0.15) is 0 Å². The van der Waals surface area contributed by atoms with Gasteiger partial charge >= 0.3 is 0 Å². The highest BCUT2D eigenvalue weighted by molar-refractivity contribution is 6.35. The number of rotatable bonds is 4. The van der Waals surface area contributed by atoms with Gasteiger partial charge in [-0.15, -0.1) is 0 Å². The summed E-state index contributed by atoms with van der Waals surface area (Å²) in [4.78, 5) is 0. The van der Waals surface area contributed by atoms with Crippen LogP contribution in [0.25, 0.3) is 0 Å². The third-order valence-corrected chi connectivity index (χ3v) is 3.71. The second-order valence-electron chi connectivity index (χ2n) is 4.29. The number of hydrogen-bond donors (Lipinski definition) is 0. The van der Waals surface area contributed by atoms with Gasteiger partial charge in [0.05, 0.1) is 0 Å². The maximum Gasteiger partial charge on any atom is 0.0458 e. The molecule has 0 heterocycles. The normalized spacial score (nSPS) is 15.0. The van der Waals surface area contributed by atoms with Crippen LogP contribution in [0.3, 0.4) is 0 Å². The molecular weight excluding hydrogens is 227 g/mol. The van der Waals surface area contributed by atoms with Crippen LogP contribution in [0.1, 0.15) is 45.6 Å². The van der Waals surface area contributed by atoms with Crippen molar-refractivity contribution in [2.75, 3.05) is 0 Å². The predicted molar refractivity (Wildman–Crippen MR) is 69.0 cm³/mol. The molecule has 0 aliphatic carbocycles. The molecule has 0 radical (unpaired) electrons. The minimum Gasteiger partial charge on any atom is -0.0843 e. The topological polar surface area (TPSA) is 0 Å². The van der Waals surface area contributed by atoms with E-state index in [1.165, 1.54) is 12.0 Å². The first-order chi connectivity index (χ1) is 7.03. The maximum atomic E-state index is 6.24. The van der Waals surface area contributed by atoms with E-state index in [0.29, 0.717) is 5.02 Å². The van der Waals surface area contributed by atoms with E-state index in [4.69, 9.17) is 23.2 Å². The molecule has 15 heavy (non-hydrogen) atoms. The number of halogens is 2. The Hall–Kier alpha value is -0.200. The van der Waals surface area contributed by atoms with Crippen molar-refractivity contribution in [2.24, 2.45) is 0 Å². The lowest BCUT2D eigenvalue weighted by molar-refractivity contribution is 0.414. The lowest BCUT2D eigenvalue weighted by Crippen LogP contribution is -2.20. The Balaban J connectivity index is 3.12. The van der Waals surface area contributed by atoms with Crippen LogP contribution in [-0.2, 0) is 5.41 Å². The van der Waals surface area contributed by atoms with Gasteiger partial charge < -0.3 is 0 Å². The Morgan fingerprint density at radius 3 is 2.33 bits per heavy atom. The minimum atomic E-state index is 0.177. The first kappa shape index (κ1) is 12.9. The zero-order valence-corrected chi connectivity index (χ0v) is 11.1. The van der Waals surface area contributed by atoms with Crippen LogP contribution in [0.15, 0.2) is 18.2 Å². The lowest BCUT2D eigenvalue weighted by atomic mass is 9.76. The fourth-order valence-electron chi connectivity index (χ4n) is 2.03. The molecule has 0 saturated heterocycles. The van der Waals surface area contributed by atoms with Crippen molar-refractivity contribution < 1.29 is 0 Å². The van der Waals surface area contributed by atoms with E-state index in [2.05, 4.69) is 26.8 Å². The van der Waals surface area contributed by atoms with E-state index in [9.17, 15) is 0 Å². The molecule has 1 rings (SSSR count). The van der Waals surface area contributed by atoms with Crippen LogP contribution in [0.2, 0.25) is 10.0 Å². The molecule has 0 nitrogen and oxygen atoms in total. The van der Waals surface area contributed by atoms with E-state index in [0.717, 1.165) is 17.9 Å². The Labute approximate surface area is 103 Å². The Morgan fingerprint density at radius 2 is 1.87 bits per heavy atom. The molecule has 84 valence electrons. The molecule has 0 fully saturated rings. The number of benzene rings is 1. The largest absolute Gasteiger partial charge is 0.0843 e. The van der Waals surface area contributed by atoms with Crippen molar-refractivity contribution in [3.05, 3.63) is 33.8 Å². The molecule has 1 unspecified atom stereocenters. The Kier molecular flexibility index (Phi) is 4.48. The summed E-state index contributed by atoms with van der Waals surface area (Å²) in [5.74, 6) is 0. The van der Waals surface area contributed by atoms with Crippen molar-refractivity contribution in [3.8, 4) is 0 Å². The zero-order chi connectivity index (χ0) is 11.5. The van der Waals surface area contributed by atoms with Gasteiger partial charge in [0.1, 0.15) is 0 Å². The molecule has 2 heteroatoms. The van der Waals surface area contributed by atoms with Gasteiger partial charge in [0, 0.05) is 10.0 Å². The van der Waals surface area contributed by atoms with Gasteiger partial charge in [-0.1, -0.05) is 56.5 Å². The fraction of sp³-hybridized carbons (Fsp3) is 0.538. The molecule has 0 amide bonds. The molecule has 0 aromatic heterocycles. The molecule has 0 bridgehead atoms. The average molecular weight is 245 g/mol. The van der Waals surface area contributed by atoms with Gasteiger partial charge in [-0.05, 0) is 36.0 Å². The third-order valence-electron chi connectivity index (χ3n) is 3.16. The van der Waals surface area contributed by atoms with Gasteiger partial charge in [-0.25, -0.2) is 0 Å². The van der Waals surface area contributed by atoms with Crippen molar-refractivity contribution >= 4 is 23.2 Å². The highest BCUT2D eigenvalue weighted by Gasteiger charge is 2.25. The first-order valence-corrected chi connectivity index (χ1v) is 6.24. The molecule has 0 aliphatic rings. The quantitative estimate of drug-likeness (QED) is 0.660. The van der Waals surface area contributed by atoms with E-state index >= 15 is 0 Å². The SMILES string of the molecule is CCCC(C)(CC)c1ccc(Cl)cc1Cl. The standard InChI is InChI=1S/C13H18Cl2/c1-4-8-13(3,5-2)11-7-6-10(14)9-12(11)15/h6-7,9H,4-5,8H2,1-3H3. The molecule has 1 atom stereocenters. The monoisotopic (exact) mass is 244 g/mol. The van der Waals surface area contributed by atoms with Gasteiger partial charge in [0.2, 0.25) is 0 Å².